The third kappa shape index (κ3) is 3.83. The van der Waals surface area contributed by atoms with Crippen LogP contribution >= 0.6 is 11.8 Å². The van der Waals surface area contributed by atoms with Crippen molar-refractivity contribution in [1.29, 1.82) is 0 Å². The van der Waals surface area contributed by atoms with Gasteiger partial charge in [0.1, 0.15) is 0 Å². The number of rotatable bonds is 1. The molecule has 8 heavy (non-hydrogen) atoms. The summed E-state index contributed by atoms with van der Waals surface area (Å²) < 4.78 is 0. The van der Waals surface area contributed by atoms with Gasteiger partial charge in [-0.05, 0) is 31.1 Å². The maximum atomic E-state index is 2.87. The second-order valence-corrected chi connectivity index (χ2v) is 2.41. The lowest BCUT2D eigenvalue weighted by molar-refractivity contribution is 1.69. The van der Waals surface area contributed by atoms with E-state index in [9.17, 15) is 0 Å². The second-order valence-electron chi connectivity index (χ2n) is 1.35. The van der Waals surface area contributed by atoms with Crippen molar-refractivity contribution >= 4 is 11.8 Å². The summed E-state index contributed by atoms with van der Waals surface area (Å²) in [5.74, 6) is 5.66. The summed E-state index contributed by atoms with van der Waals surface area (Å²) in [6.07, 6.45) is 3.97. The predicted octanol–water partition coefficient (Wildman–Crippen LogP) is 2.28. The smallest absolute Gasteiger partial charge is 0.00235 e. The fraction of sp³-hybridized carbons (Fsp3) is 0.429. The summed E-state index contributed by atoms with van der Waals surface area (Å²) in [6, 6.07) is 0. The number of hydrogen-bond donors (Lipinski definition) is 0. The minimum absolute atomic E-state index is 1.26. The van der Waals surface area contributed by atoms with Crippen molar-refractivity contribution in [3.63, 3.8) is 0 Å². The van der Waals surface area contributed by atoms with Gasteiger partial charge in [0.05, 0.1) is 0 Å². The molecule has 0 aromatic heterocycles. The van der Waals surface area contributed by atoms with Crippen molar-refractivity contribution in [3.05, 3.63) is 11.0 Å². The Balaban J connectivity index is 3.69. The summed E-state index contributed by atoms with van der Waals surface area (Å²) >= 11 is 1.72. The number of thioether (sulfide) groups is 1. The second kappa shape index (κ2) is 4.80. The first-order valence-electron chi connectivity index (χ1n) is 2.44. The van der Waals surface area contributed by atoms with Crippen molar-refractivity contribution < 1.29 is 0 Å². The van der Waals surface area contributed by atoms with Crippen molar-refractivity contribution in [1.82, 2.24) is 0 Å². The molecular weight excluding hydrogens is 116 g/mol. The van der Waals surface area contributed by atoms with Crippen LogP contribution in [-0.4, -0.2) is 6.26 Å². The van der Waals surface area contributed by atoms with E-state index in [1.165, 1.54) is 4.91 Å². The molecular formula is C7H10S. The monoisotopic (exact) mass is 126 g/mol. The molecule has 0 amide bonds. The SMILES string of the molecule is CC#C/C=C(/C)SC. The van der Waals surface area contributed by atoms with Gasteiger partial charge in [0, 0.05) is 0 Å². The van der Waals surface area contributed by atoms with Gasteiger partial charge in [0.15, 0.2) is 0 Å². The first-order chi connectivity index (χ1) is 3.81. The van der Waals surface area contributed by atoms with Crippen molar-refractivity contribution in [2.24, 2.45) is 0 Å². The summed E-state index contributed by atoms with van der Waals surface area (Å²) in [5, 5.41) is 0. The zero-order valence-electron chi connectivity index (χ0n) is 5.49. The minimum atomic E-state index is 1.26. The van der Waals surface area contributed by atoms with Gasteiger partial charge >= 0.3 is 0 Å². The van der Waals surface area contributed by atoms with Crippen LogP contribution in [0.1, 0.15) is 13.8 Å². The quantitative estimate of drug-likeness (QED) is 0.486. The van der Waals surface area contributed by atoms with E-state index < -0.39 is 0 Å². The molecule has 1 heteroatoms. The van der Waals surface area contributed by atoms with Crippen LogP contribution in [0.5, 0.6) is 0 Å². The van der Waals surface area contributed by atoms with Gasteiger partial charge in [-0.15, -0.1) is 17.7 Å². The molecule has 0 aromatic carbocycles. The lowest BCUT2D eigenvalue weighted by Gasteiger charge is -1.84. The molecule has 0 radical (unpaired) electrons. The van der Waals surface area contributed by atoms with Gasteiger partial charge in [-0.25, -0.2) is 0 Å². The normalized spacial score (nSPS) is 10.1. The Kier molecular flexibility index (Phi) is 4.59. The average Bonchev–Trinajstić information content (AvgIpc) is 1.83. The Labute approximate surface area is 55.4 Å². The van der Waals surface area contributed by atoms with Gasteiger partial charge in [0.25, 0.3) is 0 Å². The van der Waals surface area contributed by atoms with Crippen molar-refractivity contribution in [2.45, 2.75) is 13.8 Å². The maximum Gasteiger partial charge on any atom is -0.00235 e. The third-order valence-corrected chi connectivity index (χ3v) is 1.50. The Bertz CT molecular complexity index is 134. The molecule has 0 rings (SSSR count). The largest absolute Gasteiger partial charge is 0.134 e. The van der Waals surface area contributed by atoms with E-state index in [1.54, 1.807) is 11.8 Å². The van der Waals surface area contributed by atoms with Crippen LogP contribution in [0.15, 0.2) is 11.0 Å². The number of hydrogen-bond acceptors (Lipinski definition) is 1. The molecule has 0 saturated heterocycles. The molecule has 0 nitrogen and oxygen atoms in total. The zero-order valence-corrected chi connectivity index (χ0v) is 6.30. The van der Waals surface area contributed by atoms with E-state index in [-0.39, 0.29) is 0 Å². The third-order valence-electron chi connectivity index (χ3n) is 0.742. The van der Waals surface area contributed by atoms with E-state index in [4.69, 9.17) is 0 Å². The Morgan fingerprint density at radius 1 is 1.62 bits per heavy atom. The molecule has 0 aliphatic rings. The highest BCUT2D eigenvalue weighted by Gasteiger charge is 1.76. The summed E-state index contributed by atoms with van der Waals surface area (Å²) in [6.45, 7) is 3.89. The molecule has 0 N–H and O–H groups in total. The molecule has 0 unspecified atom stereocenters. The predicted molar refractivity (Wildman–Crippen MR) is 40.7 cm³/mol. The van der Waals surface area contributed by atoms with Crippen molar-refractivity contribution in [2.75, 3.05) is 6.26 Å². The Hall–Kier alpha value is -0.350. The van der Waals surface area contributed by atoms with Gasteiger partial charge in [-0.2, -0.15) is 0 Å². The summed E-state index contributed by atoms with van der Waals surface area (Å²) in [5.41, 5.74) is 0. The lowest BCUT2D eigenvalue weighted by Crippen LogP contribution is -1.59. The van der Waals surface area contributed by atoms with Gasteiger partial charge in [0.2, 0.25) is 0 Å². The molecule has 44 valence electrons. The molecule has 0 spiro atoms. The Morgan fingerprint density at radius 3 is 2.62 bits per heavy atom. The molecule has 0 bridgehead atoms. The number of allylic oxidation sites excluding steroid dienone is 2. The maximum absolute atomic E-state index is 2.87. The molecule has 0 saturated carbocycles. The van der Waals surface area contributed by atoms with Crippen molar-refractivity contribution in [3.8, 4) is 11.8 Å². The lowest BCUT2D eigenvalue weighted by atomic mass is 10.5. The van der Waals surface area contributed by atoms with Gasteiger partial charge < -0.3 is 0 Å². The standard InChI is InChI=1S/C7H10S/c1-4-5-6-7(2)8-3/h6H,1-3H3/b7-6-. The highest BCUT2D eigenvalue weighted by atomic mass is 32.2. The Morgan fingerprint density at radius 2 is 2.25 bits per heavy atom. The molecule has 0 fully saturated rings. The van der Waals surface area contributed by atoms with Crippen LogP contribution in [0.25, 0.3) is 0 Å². The van der Waals surface area contributed by atoms with E-state index in [0.29, 0.717) is 0 Å². The van der Waals surface area contributed by atoms with Crippen LogP contribution in [0.2, 0.25) is 0 Å². The van der Waals surface area contributed by atoms with E-state index >= 15 is 0 Å². The fourth-order valence-corrected chi connectivity index (χ4v) is 0.410. The summed E-state index contributed by atoms with van der Waals surface area (Å²) in [7, 11) is 0. The van der Waals surface area contributed by atoms with Crippen LogP contribution in [0.4, 0.5) is 0 Å². The summed E-state index contributed by atoms with van der Waals surface area (Å²) in [4.78, 5) is 1.26. The molecule has 0 aromatic rings. The zero-order chi connectivity index (χ0) is 6.41. The first-order valence-corrected chi connectivity index (χ1v) is 3.66. The van der Waals surface area contributed by atoms with E-state index in [1.807, 2.05) is 19.3 Å². The van der Waals surface area contributed by atoms with E-state index in [2.05, 4.69) is 18.8 Å². The average molecular weight is 126 g/mol. The molecule has 0 atom stereocenters. The first kappa shape index (κ1) is 7.65. The topological polar surface area (TPSA) is 0 Å². The van der Waals surface area contributed by atoms with Gasteiger partial charge in [-0.1, -0.05) is 5.92 Å². The van der Waals surface area contributed by atoms with Crippen LogP contribution in [-0.2, 0) is 0 Å². The van der Waals surface area contributed by atoms with Crippen LogP contribution in [0, 0.1) is 11.8 Å². The minimum Gasteiger partial charge on any atom is -0.134 e. The molecule has 0 aliphatic heterocycles. The van der Waals surface area contributed by atoms with E-state index in [0.717, 1.165) is 0 Å². The van der Waals surface area contributed by atoms with Crippen LogP contribution in [0.3, 0.4) is 0 Å². The van der Waals surface area contributed by atoms with Crippen LogP contribution < -0.4 is 0 Å². The van der Waals surface area contributed by atoms with Gasteiger partial charge in [-0.3, -0.25) is 0 Å². The highest BCUT2D eigenvalue weighted by molar-refractivity contribution is 8.02. The molecule has 0 heterocycles. The highest BCUT2D eigenvalue weighted by Crippen LogP contribution is 2.07. The fourth-order valence-electron chi connectivity index (χ4n) is 0.233. The molecule has 0 aliphatic carbocycles.